The van der Waals surface area contributed by atoms with E-state index in [9.17, 15) is 27.9 Å². The SMILES string of the molecule is CCOP(=O)(OCC)C(C)Nc1cc(Oc2ccc(C(F)(F)F)cc2Cl)ccc1[N+](=O)[O-]. The Bertz CT molecular complexity index is 1010. The molecule has 0 spiro atoms. The Morgan fingerprint density at radius 2 is 1.78 bits per heavy atom. The fraction of sp³-hybridized carbons (Fsp3) is 0.368. The maximum Gasteiger partial charge on any atom is 0.416 e. The molecule has 2 rings (SSSR count). The van der Waals surface area contributed by atoms with E-state index in [0.29, 0.717) is 6.07 Å². The van der Waals surface area contributed by atoms with Crippen molar-refractivity contribution >= 4 is 30.6 Å². The van der Waals surface area contributed by atoms with Crippen LogP contribution < -0.4 is 10.1 Å². The molecule has 0 aliphatic carbocycles. The van der Waals surface area contributed by atoms with Crippen LogP contribution in [0.25, 0.3) is 0 Å². The zero-order chi connectivity index (χ0) is 24.1. The van der Waals surface area contributed by atoms with E-state index in [4.69, 9.17) is 25.4 Å². The Labute approximate surface area is 187 Å². The molecule has 0 aromatic heterocycles. The van der Waals surface area contributed by atoms with Crippen molar-refractivity contribution in [2.45, 2.75) is 32.7 Å². The van der Waals surface area contributed by atoms with Crippen LogP contribution >= 0.6 is 19.2 Å². The maximum absolute atomic E-state index is 12.9. The lowest BCUT2D eigenvalue weighted by molar-refractivity contribution is -0.384. The van der Waals surface area contributed by atoms with Crippen LogP contribution in [0.1, 0.15) is 26.3 Å². The van der Waals surface area contributed by atoms with Crippen molar-refractivity contribution in [1.82, 2.24) is 0 Å². The summed E-state index contributed by atoms with van der Waals surface area (Å²) in [6, 6.07) is 6.19. The molecular formula is C19H21ClF3N2O6P. The summed E-state index contributed by atoms with van der Waals surface area (Å²) in [7, 11) is -3.64. The average molecular weight is 497 g/mol. The van der Waals surface area contributed by atoms with Crippen LogP contribution in [-0.2, 0) is 19.8 Å². The Hall–Kier alpha value is -2.33. The van der Waals surface area contributed by atoms with Crippen molar-refractivity contribution in [1.29, 1.82) is 0 Å². The van der Waals surface area contributed by atoms with Crippen LogP contribution in [0.2, 0.25) is 5.02 Å². The minimum Gasteiger partial charge on any atom is -0.456 e. The number of nitro benzene ring substituents is 1. The summed E-state index contributed by atoms with van der Waals surface area (Å²) in [5, 5.41) is 13.9. The van der Waals surface area contributed by atoms with Crippen LogP contribution in [0.3, 0.4) is 0 Å². The fourth-order valence-corrected chi connectivity index (χ4v) is 4.42. The summed E-state index contributed by atoms with van der Waals surface area (Å²) in [4.78, 5) is 10.8. The third kappa shape index (κ3) is 6.35. The number of hydrogen-bond donors (Lipinski definition) is 1. The van der Waals surface area contributed by atoms with E-state index in [1.807, 2.05) is 0 Å². The number of nitrogens with zero attached hydrogens (tertiary/aromatic N) is 1. The number of benzene rings is 2. The van der Waals surface area contributed by atoms with Crippen molar-refractivity contribution in [2.24, 2.45) is 0 Å². The van der Waals surface area contributed by atoms with Crippen LogP contribution in [-0.4, -0.2) is 23.9 Å². The van der Waals surface area contributed by atoms with E-state index in [0.717, 1.165) is 18.2 Å². The van der Waals surface area contributed by atoms with Gasteiger partial charge in [0.25, 0.3) is 5.69 Å². The van der Waals surface area contributed by atoms with Crippen molar-refractivity contribution in [3.63, 3.8) is 0 Å². The smallest absolute Gasteiger partial charge is 0.416 e. The molecule has 1 unspecified atom stereocenters. The Morgan fingerprint density at radius 3 is 2.28 bits per heavy atom. The molecule has 0 heterocycles. The molecule has 0 aliphatic rings. The number of nitro groups is 1. The second-order valence-electron chi connectivity index (χ2n) is 6.38. The quantitative estimate of drug-likeness (QED) is 0.213. The molecule has 2 aromatic carbocycles. The van der Waals surface area contributed by atoms with Gasteiger partial charge in [0.05, 0.1) is 28.7 Å². The molecule has 2 aromatic rings. The van der Waals surface area contributed by atoms with Gasteiger partial charge in [-0.05, 0) is 45.0 Å². The summed E-state index contributed by atoms with van der Waals surface area (Å²) in [6.07, 6.45) is -4.57. The van der Waals surface area contributed by atoms with E-state index >= 15 is 0 Å². The zero-order valence-electron chi connectivity index (χ0n) is 17.3. The minimum atomic E-state index is -4.57. The highest BCUT2D eigenvalue weighted by Gasteiger charge is 2.34. The summed E-state index contributed by atoms with van der Waals surface area (Å²) in [5.74, 6) is -0.984. The summed E-state index contributed by atoms with van der Waals surface area (Å²) in [5.41, 5.74) is -1.35. The first kappa shape index (κ1) is 25.9. The number of halogens is 4. The van der Waals surface area contributed by atoms with Gasteiger partial charge in [0.2, 0.25) is 0 Å². The van der Waals surface area contributed by atoms with Crippen LogP contribution in [0.15, 0.2) is 36.4 Å². The molecular weight excluding hydrogens is 476 g/mol. The largest absolute Gasteiger partial charge is 0.456 e. The Balaban J connectivity index is 2.36. The van der Waals surface area contributed by atoms with Gasteiger partial charge in [-0.25, -0.2) is 0 Å². The summed E-state index contributed by atoms with van der Waals surface area (Å²) in [6.45, 7) is 4.93. The van der Waals surface area contributed by atoms with Crippen molar-refractivity contribution in [3.8, 4) is 11.5 Å². The first-order chi connectivity index (χ1) is 14.9. The fourth-order valence-electron chi connectivity index (χ4n) is 2.67. The van der Waals surface area contributed by atoms with Gasteiger partial charge in [-0.15, -0.1) is 0 Å². The second-order valence-corrected chi connectivity index (χ2v) is 9.15. The van der Waals surface area contributed by atoms with E-state index in [1.165, 1.54) is 19.1 Å². The monoisotopic (exact) mass is 496 g/mol. The number of ether oxygens (including phenoxy) is 1. The molecule has 0 bridgehead atoms. The number of hydrogen-bond acceptors (Lipinski definition) is 7. The molecule has 0 saturated carbocycles. The number of nitrogens with one attached hydrogen (secondary N) is 1. The van der Waals surface area contributed by atoms with Crippen LogP contribution in [0, 0.1) is 10.1 Å². The average Bonchev–Trinajstić information content (AvgIpc) is 2.69. The third-order valence-electron chi connectivity index (χ3n) is 4.11. The first-order valence-corrected chi connectivity index (χ1v) is 11.4. The highest BCUT2D eigenvalue weighted by molar-refractivity contribution is 7.54. The Morgan fingerprint density at radius 1 is 1.16 bits per heavy atom. The normalized spacial score (nSPS) is 13.0. The highest BCUT2D eigenvalue weighted by atomic mass is 35.5. The lowest BCUT2D eigenvalue weighted by Crippen LogP contribution is -2.19. The van der Waals surface area contributed by atoms with E-state index in [1.54, 1.807) is 13.8 Å². The number of anilines is 1. The van der Waals surface area contributed by atoms with Gasteiger partial charge >= 0.3 is 13.8 Å². The minimum absolute atomic E-state index is 0.0506. The van der Waals surface area contributed by atoms with Crippen molar-refractivity contribution < 1.29 is 36.4 Å². The predicted octanol–water partition coefficient (Wildman–Crippen LogP) is 7.08. The molecule has 0 amide bonds. The zero-order valence-corrected chi connectivity index (χ0v) is 19.0. The van der Waals surface area contributed by atoms with Gasteiger partial charge < -0.3 is 19.1 Å². The molecule has 0 saturated heterocycles. The lowest BCUT2D eigenvalue weighted by atomic mass is 10.2. The molecule has 1 N–H and O–H groups in total. The Kier molecular flexibility index (Phi) is 8.53. The van der Waals surface area contributed by atoms with Gasteiger partial charge in [0.15, 0.2) is 0 Å². The van der Waals surface area contributed by atoms with Crippen molar-refractivity contribution in [3.05, 3.63) is 57.1 Å². The number of rotatable bonds is 10. The molecule has 0 radical (unpaired) electrons. The molecule has 0 aliphatic heterocycles. The topological polar surface area (TPSA) is 99.9 Å². The number of alkyl halides is 3. The van der Waals surface area contributed by atoms with Gasteiger partial charge in [0.1, 0.15) is 23.0 Å². The van der Waals surface area contributed by atoms with Gasteiger partial charge in [-0.3, -0.25) is 14.7 Å². The summed E-state index contributed by atoms with van der Waals surface area (Å²) >= 11 is 5.90. The molecule has 13 heteroatoms. The standard InChI is InChI=1S/C19H21ClF3N2O6P/c1-4-29-32(28,30-5-2)12(3)24-16-11-14(7-8-17(16)25(26)27)31-18-9-6-13(10-15(18)20)19(21,22)23/h6-12,24H,4-5H2,1-3H3. The van der Waals surface area contributed by atoms with E-state index in [-0.39, 0.29) is 41.1 Å². The maximum atomic E-state index is 12.9. The van der Waals surface area contributed by atoms with Gasteiger partial charge in [-0.1, -0.05) is 11.6 Å². The van der Waals surface area contributed by atoms with E-state index < -0.39 is 30.0 Å². The molecule has 176 valence electrons. The molecule has 1 atom stereocenters. The third-order valence-corrected chi connectivity index (χ3v) is 6.72. The van der Waals surface area contributed by atoms with Gasteiger partial charge in [-0.2, -0.15) is 13.2 Å². The summed E-state index contributed by atoms with van der Waals surface area (Å²) < 4.78 is 67.4. The van der Waals surface area contributed by atoms with Crippen LogP contribution in [0.4, 0.5) is 24.5 Å². The highest BCUT2D eigenvalue weighted by Crippen LogP contribution is 2.53. The van der Waals surface area contributed by atoms with E-state index in [2.05, 4.69) is 5.32 Å². The first-order valence-electron chi connectivity index (χ1n) is 9.39. The molecule has 32 heavy (non-hydrogen) atoms. The predicted molar refractivity (Wildman–Crippen MR) is 114 cm³/mol. The van der Waals surface area contributed by atoms with Crippen molar-refractivity contribution in [2.75, 3.05) is 18.5 Å². The molecule has 8 nitrogen and oxygen atoms in total. The molecule has 0 fully saturated rings. The second kappa shape index (κ2) is 10.5. The lowest BCUT2D eigenvalue weighted by Gasteiger charge is -2.24. The van der Waals surface area contributed by atoms with Gasteiger partial charge in [0, 0.05) is 12.1 Å². The van der Waals surface area contributed by atoms with Crippen LogP contribution in [0.5, 0.6) is 11.5 Å².